The molecule has 0 spiro atoms. The Morgan fingerprint density at radius 2 is 1.89 bits per heavy atom. The summed E-state index contributed by atoms with van der Waals surface area (Å²) in [6.45, 7) is 2.29. The lowest BCUT2D eigenvalue weighted by Gasteiger charge is -1.98. The van der Waals surface area contributed by atoms with Crippen molar-refractivity contribution in [2.24, 2.45) is 5.73 Å². The van der Waals surface area contributed by atoms with Gasteiger partial charge in [-0.25, -0.2) is 0 Å². The van der Waals surface area contributed by atoms with Crippen molar-refractivity contribution in [3.63, 3.8) is 0 Å². The monoisotopic (exact) mass is 134 g/mol. The van der Waals surface area contributed by atoms with Crippen LogP contribution in [0.15, 0.2) is 0 Å². The molecule has 9 heavy (non-hydrogen) atoms. The molecule has 0 saturated carbocycles. The van der Waals surface area contributed by atoms with Gasteiger partial charge < -0.3 is 16.2 Å². The average molecular weight is 134 g/mol. The third-order valence-electron chi connectivity index (χ3n) is 0.743. The molecule has 0 bridgehead atoms. The minimum atomic E-state index is -0.287. The fraction of sp³-hybridized carbons (Fsp3) is 1.00. The van der Waals surface area contributed by atoms with Crippen molar-refractivity contribution in [1.29, 1.82) is 0 Å². The minimum Gasteiger partial charge on any atom is -0.392 e. The van der Waals surface area contributed by atoms with Gasteiger partial charge in [-0.2, -0.15) is 0 Å². The normalized spacial score (nSPS) is 11.7. The van der Waals surface area contributed by atoms with E-state index in [0.29, 0.717) is 6.54 Å². The molecule has 1 unspecified atom stereocenters. The van der Waals surface area contributed by atoms with Gasteiger partial charge in [-0.05, 0) is 20.5 Å². The number of nitrogens with two attached hydrogens (primary N) is 1. The molecule has 0 radical (unpaired) electrons. The molecule has 0 rings (SSSR count). The van der Waals surface area contributed by atoms with Gasteiger partial charge in [0.25, 0.3) is 0 Å². The fourth-order valence-electron chi connectivity index (χ4n) is 0.167. The van der Waals surface area contributed by atoms with Gasteiger partial charge in [0.15, 0.2) is 0 Å². The van der Waals surface area contributed by atoms with Crippen LogP contribution in [-0.4, -0.2) is 31.9 Å². The molecule has 0 aromatic rings. The van der Waals surface area contributed by atoms with Crippen molar-refractivity contribution < 1.29 is 5.11 Å². The Labute approximate surface area is 57.3 Å². The Morgan fingerprint density at radius 3 is 1.89 bits per heavy atom. The molecule has 0 aliphatic heterocycles. The first kappa shape index (κ1) is 11.6. The molecular formula is C6H18N2O. The average Bonchev–Trinajstić information content (AvgIpc) is 1.88. The molecular weight excluding hydrogens is 116 g/mol. The van der Waals surface area contributed by atoms with Crippen LogP contribution < -0.4 is 11.1 Å². The minimum absolute atomic E-state index is 0.287. The lowest BCUT2D eigenvalue weighted by atomic mass is 10.3. The van der Waals surface area contributed by atoms with Crippen molar-refractivity contribution in [2.75, 3.05) is 20.6 Å². The molecule has 0 aromatic heterocycles. The molecule has 0 saturated heterocycles. The van der Waals surface area contributed by atoms with Crippen LogP contribution in [0.5, 0.6) is 0 Å². The SMILES string of the molecule is CCC(O)CN.CNC. The first-order valence-electron chi connectivity index (χ1n) is 3.19. The maximum Gasteiger partial charge on any atom is 0.0659 e. The molecule has 0 aliphatic carbocycles. The van der Waals surface area contributed by atoms with E-state index in [1.807, 2.05) is 21.0 Å². The third kappa shape index (κ3) is 18.1. The second-order valence-corrected chi connectivity index (χ2v) is 1.80. The summed E-state index contributed by atoms with van der Waals surface area (Å²) < 4.78 is 0. The van der Waals surface area contributed by atoms with E-state index in [9.17, 15) is 0 Å². The number of aliphatic hydroxyl groups is 1. The zero-order valence-electron chi connectivity index (χ0n) is 6.52. The number of rotatable bonds is 2. The molecule has 3 nitrogen and oxygen atoms in total. The first-order chi connectivity index (χ1) is 4.22. The number of nitrogens with one attached hydrogen (secondary N) is 1. The van der Waals surface area contributed by atoms with Crippen molar-refractivity contribution in [3.8, 4) is 0 Å². The summed E-state index contributed by atoms with van der Waals surface area (Å²) in [5.41, 5.74) is 5.03. The lowest BCUT2D eigenvalue weighted by molar-refractivity contribution is 0.179. The molecule has 3 heteroatoms. The van der Waals surface area contributed by atoms with E-state index < -0.39 is 0 Å². The van der Waals surface area contributed by atoms with Crippen molar-refractivity contribution >= 4 is 0 Å². The van der Waals surface area contributed by atoms with Crippen LogP contribution in [-0.2, 0) is 0 Å². The van der Waals surface area contributed by atoms with Gasteiger partial charge in [0.2, 0.25) is 0 Å². The first-order valence-corrected chi connectivity index (χ1v) is 3.19. The second kappa shape index (κ2) is 10.8. The molecule has 4 N–H and O–H groups in total. The van der Waals surface area contributed by atoms with Crippen molar-refractivity contribution in [2.45, 2.75) is 19.4 Å². The van der Waals surface area contributed by atoms with E-state index in [2.05, 4.69) is 5.32 Å². The van der Waals surface area contributed by atoms with Crippen LogP contribution in [0.3, 0.4) is 0 Å². The molecule has 0 fully saturated rings. The summed E-state index contributed by atoms with van der Waals surface area (Å²) in [5, 5.41) is 11.3. The number of hydrogen-bond acceptors (Lipinski definition) is 3. The van der Waals surface area contributed by atoms with Crippen LogP contribution in [0.1, 0.15) is 13.3 Å². The maximum atomic E-state index is 8.54. The summed E-state index contributed by atoms with van der Waals surface area (Å²) >= 11 is 0. The smallest absolute Gasteiger partial charge is 0.0659 e. The van der Waals surface area contributed by atoms with Gasteiger partial charge in [-0.1, -0.05) is 6.92 Å². The number of aliphatic hydroxyl groups excluding tert-OH is 1. The summed E-state index contributed by atoms with van der Waals surface area (Å²) in [5.74, 6) is 0. The highest BCUT2D eigenvalue weighted by atomic mass is 16.3. The highest BCUT2D eigenvalue weighted by Crippen LogP contribution is 1.81. The Balaban J connectivity index is 0. The van der Waals surface area contributed by atoms with Gasteiger partial charge in [0, 0.05) is 6.54 Å². The third-order valence-corrected chi connectivity index (χ3v) is 0.743. The molecule has 58 valence electrons. The van der Waals surface area contributed by atoms with Crippen LogP contribution in [0.2, 0.25) is 0 Å². The molecule has 0 aromatic carbocycles. The summed E-state index contributed by atoms with van der Waals surface area (Å²) in [6.07, 6.45) is 0.473. The maximum absolute atomic E-state index is 8.54. The van der Waals surface area contributed by atoms with Crippen LogP contribution in [0, 0.1) is 0 Å². The van der Waals surface area contributed by atoms with E-state index >= 15 is 0 Å². The standard InChI is InChI=1S/C4H11NO.C2H7N/c1-2-4(6)3-5;1-3-2/h4,6H,2-3,5H2,1H3;3H,1-2H3. The second-order valence-electron chi connectivity index (χ2n) is 1.80. The zero-order valence-corrected chi connectivity index (χ0v) is 6.52. The Bertz CT molecular complexity index is 38.0. The van der Waals surface area contributed by atoms with Crippen LogP contribution in [0.4, 0.5) is 0 Å². The molecule has 0 amide bonds. The van der Waals surface area contributed by atoms with Gasteiger partial charge in [0.1, 0.15) is 0 Å². The Hall–Kier alpha value is -0.120. The number of hydrogen-bond donors (Lipinski definition) is 3. The highest BCUT2D eigenvalue weighted by Gasteiger charge is 1.90. The largest absolute Gasteiger partial charge is 0.392 e. The predicted molar refractivity (Wildman–Crippen MR) is 40.3 cm³/mol. The van der Waals surface area contributed by atoms with E-state index in [0.717, 1.165) is 6.42 Å². The van der Waals surface area contributed by atoms with E-state index in [-0.39, 0.29) is 6.10 Å². The van der Waals surface area contributed by atoms with Crippen molar-refractivity contribution in [1.82, 2.24) is 5.32 Å². The van der Waals surface area contributed by atoms with Gasteiger partial charge in [-0.15, -0.1) is 0 Å². The summed E-state index contributed by atoms with van der Waals surface area (Å²) in [6, 6.07) is 0. The predicted octanol–water partition coefficient (Wildman–Crippen LogP) is -0.448. The van der Waals surface area contributed by atoms with Gasteiger partial charge in [-0.3, -0.25) is 0 Å². The Kier molecular flexibility index (Phi) is 14.0. The topological polar surface area (TPSA) is 58.3 Å². The highest BCUT2D eigenvalue weighted by molar-refractivity contribution is 4.48. The van der Waals surface area contributed by atoms with Crippen LogP contribution in [0.25, 0.3) is 0 Å². The van der Waals surface area contributed by atoms with E-state index in [1.54, 1.807) is 0 Å². The van der Waals surface area contributed by atoms with E-state index in [4.69, 9.17) is 10.8 Å². The summed E-state index contributed by atoms with van der Waals surface area (Å²) in [4.78, 5) is 0. The quantitative estimate of drug-likeness (QED) is 0.479. The fourth-order valence-corrected chi connectivity index (χ4v) is 0.167. The van der Waals surface area contributed by atoms with Gasteiger partial charge >= 0.3 is 0 Å². The molecule has 0 aliphatic rings. The molecule has 0 heterocycles. The van der Waals surface area contributed by atoms with Crippen LogP contribution >= 0.6 is 0 Å². The Morgan fingerprint density at radius 1 is 1.56 bits per heavy atom. The molecule has 1 atom stereocenters. The van der Waals surface area contributed by atoms with E-state index in [1.165, 1.54) is 0 Å². The van der Waals surface area contributed by atoms with Crippen molar-refractivity contribution in [3.05, 3.63) is 0 Å². The lowest BCUT2D eigenvalue weighted by Crippen LogP contribution is -2.17. The van der Waals surface area contributed by atoms with Gasteiger partial charge in [0.05, 0.1) is 6.10 Å². The zero-order chi connectivity index (χ0) is 7.70. The summed E-state index contributed by atoms with van der Waals surface area (Å²) in [7, 11) is 3.75.